The zero-order chi connectivity index (χ0) is 35.4. The van der Waals surface area contributed by atoms with Gasteiger partial charge in [0.25, 0.3) is 0 Å². The Morgan fingerprint density at radius 1 is 0.226 bits per heavy atom. The quantitative estimate of drug-likeness (QED) is 0.155. The monoisotopic (exact) mass is 675 g/mol. The van der Waals surface area contributed by atoms with Crippen LogP contribution < -0.4 is 4.90 Å². The van der Waals surface area contributed by atoms with E-state index in [0.29, 0.717) is 0 Å². The zero-order valence-electron chi connectivity index (χ0n) is 29.3. The average molecular weight is 676 g/mol. The summed E-state index contributed by atoms with van der Waals surface area (Å²) in [6.07, 6.45) is 0. The lowest BCUT2D eigenvalue weighted by molar-refractivity contribution is 1.28. The maximum absolute atomic E-state index is 2.34. The second-order valence-electron chi connectivity index (χ2n) is 13.4. The SMILES string of the molecule is c1ccc(-c2ccc(N(c3ccc(-c4ccccc4)cc3)c3ccc(-c4cc(-c5ccccc5)cc(-c5cccc6ccccc56)c4)cc3)cc2)cc1. The van der Waals surface area contributed by atoms with Crippen molar-refractivity contribution < 1.29 is 0 Å². The fraction of sp³-hybridized carbons (Fsp3) is 0. The fourth-order valence-electron chi connectivity index (χ4n) is 7.34. The van der Waals surface area contributed by atoms with Crippen LogP contribution in [-0.4, -0.2) is 0 Å². The summed E-state index contributed by atoms with van der Waals surface area (Å²) in [7, 11) is 0. The predicted molar refractivity (Wildman–Crippen MR) is 226 cm³/mol. The van der Waals surface area contributed by atoms with E-state index >= 15 is 0 Å². The Hall–Kier alpha value is -6.96. The molecule has 0 saturated carbocycles. The van der Waals surface area contributed by atoms with Gasteiger partial charge < -0.3 is 4.90 Å². The van der Waals surface area contributed by atoms with Gasteiger partial charge in [-0.3, -0.25) is 0 Å². The minimum atomic E-state index is 1.10. The van der Waals surface area contributed by atoms with Crippen LogP contribution in [0, 0.1) is 0 Å². The Morgan fingerprint density at radius 3 is 1.04 bits per heavy atom. The summed E-state index contributed by atoms with van der Waals surface area (Å²) in [6, 6.07) is 80.8. The normalized spacial score (nSPS) is 11.0. The topological polar surface area (TPSA) is 3.24 Å². The van der Waals surface area contributed by atoms with Gasteiger partial charge >= 0.3 is 0 Å². The first kappa shape index (κ1) is 32.0. The predicted octanol–water partition coefficient (Wildman–Crippen LogP) is 14.6. The van der Waals surface area contributed by atoms with Gasteiger partial charge in [-0.25, -0.2) is 0 Å². The third-order valence-corrected chi connectivity index (χ3v) is 10.1. The van der Waals surface area contributed by atoms with Crippen LogP contribution in [0.5, 0.6) is 0 Å². The molecule has 0 bridgehead atoms. The molecule has 53 heavy (non-hydrogen) atoms. The van der Waals surface area contributed by atoms with Gasteiger partial charge in [0, 0.05) is 17.1 Å². The van der Waals surface area contributed by atoms with Crippen molar-refractivity contribution in [3.63, 3.8) is 0 Å². The minimum Gasteiger partial charge on any atom is -0.311 e. The first-order chi connectivity index (χ1) is 26.3. The maximum atomic E-state index is 2.34. The van der Waals surface area contributed by atoms with Crippen LogP contribution >= 0.6 is 0 Å². The Kier molecular flexibility index (Phi) is 8.66. The average Bonchev–Trinajstić information content (AvgIpc) is 3.25. The highest BCUT2D eigenvalue weighted by atomic mass is 15.1. The molecule has 1 heteroatoms. The highest BCUT2D eigenvalue weighted by Crippen LogP contribution is 2.40. The Bertz CT molecular complexity index is 2520. The van der Waals surface area contributed by atoms with Crippen molar-refractivity contribution in [1.82, 2.24) is 0 Å². The smallest absolute Gasteiger partial charge is 0.0462 e. The lowest BCUT2D eigenvalue weighted by Gasteiger charge is -2.26. The first-order valence-corrected chi connectivity index (χ1v) is 18.2. The summed E-state index contributed by atoms with van der Waals surface area (Å²) in [5.41, 5.74) is 15.3. The van der Waals surface area contributed by atoms with Crippen molar-refractivity contribution in [1.29, 1.82) is 0 Å². The molecule has 0 radical (unpaired) electrons. The van der Waals surface area contributed by atoms with E-state index in [2.05, 4.69) is 229 Å². The third kappa shape index (κ3) is 6.65. The Balaban J connectivity index is 1.13. The van der Waals surface area contributed by atoms with Crippen LogP contribution in [0.1, 0.15) is 0 Å². The summed E-state index contributed by atoms with van der Waals surface area (Å²) in [5, 5.41) is 2.50. The van der Waals surface area contributed by atoms with Crippen molar-refractivity contribution in [2.24, 2.45) is 0 Å². The van der Waals surface area contributed by atoms with Crippen molar-refractivity contribution in [2.45, 2.75) is 0 Å². The van der Waals surface area contributed by atoms with Gasteiger partial charge in [0.05, 0.1) is 0 Å². The highest BCUT2D eigenvalue weighted by molar-refractivity contribution is 5.98. The first-order valence-electron chi connectivity index (χ1n) is 18.2. The van der Waals surface area contributed by atoms with E-state index in [-0.39, 0.29) is 0 Å². The molecule has 0 aliphatic heterocycles. The number of nitrogens with zero attached hydrogens (tertiary/aromatic N) is 1. The van der Waals surface area contributed by atoms with E-state index in [9.17, 15) is 0 Å². The van der Waals surface area contributed by atoms with Crippen LogP contribution in [0.4, 0.5) is 17.1 Å². The second kappa shape index (κ2) is 14.3. The van der Waals surface area contributed by atoms with Gasteiger partial charge in [0.1, 0.15) is 0 Å². The Morgan fingerprint density at radius 2 is 0.566 bits per heavy atom. The van der Waals surface area contributed by atoms with Crippen molar-refractivity contribution >= 4 is 27.8 Å². The molecule has 0 amide bonds. The summed E-state index contributed by atoms with van der Waals surface area (Å²) in [4.78, 5) is 2.34. The van der Waals surface area contributed by atoms with Crippen LogP contribution in [-0.2, 0) is 0 Å². The summed E-state index contributed by atoms with van der Waals surface area (Å²) < 4.78 is 0. The van der Waals surface area contributed by atoms with Gasteiger partial charge in [0.15, 0.2) is 0 Å². The van der Waals surface area contributed by atoms with E-state index in [4.69, 9.17) is 0 Å². The largest absolute Gasteiger partial charge is 0.311 e. The maximum Gasteiger partial charge on any atom is 0.0462 e. The van der Waals surface area contributed by atoms with Crippen LogP contribution in [0.2, 0.25) is 0 Å². The highest BCUT2D eigenvalue weighted by Gasteiger charge is 2.15. The molecule has 250 valence electrons. The molecular weight excluding hydrogens is 639 g/mol. The molecule has 9 aromatic rings. The van der Waals surface area contributed by atoms with E-state index in [0.717, 1.165) is 17.1 Å². The molecule has 9 aromatic carbocycles. The number of benzene rings is 9. The summed E-state index contributed by atoms with van der Waals surface area (Å²) in [6.45, 7) is 0. The number of rotatable bonds is 8. The van der Waals surface area contributed by atoms with Gasteiger partial charge in [-0.1, -0.05) is 170 Å². The van der Waals surface area contributed by atoms with Gasteiger partial charge in [-0.05, 0) is 121 Å². The summed E-state index contributed by atoms with van der Waals surface area (Å²) >= 11 is 0. The molecule has 0 spiro atoms. The molecular formula is C52H37N. The molecule has 0 aliphatic carbocycles. The van der Waals surface area contributed by atoms with Crippen LogP contribution in [0.15, 0.2) is 224 Å². The van der Waals surface area contributed by atoms with Crippen LogP contribution in [0.25, 0.3) is 66.4 Å². The molecule has 0 aliphatic rings. The lowest BCUT2D eigenvalue weighted by atomic mass is 9.91. The van der Waals surface area contributed by atoms with Crippen LogP contribution in [0.3, 0.4) is 0 Å². The molecule has 0 unspecified atom stereocenters. The van der Waals surface area contributed by atoms with E-state index in [1.54, 1.807) is 0 Å². The third-order valence-electron chi connectivity index (χ3n) is 10.1. The molecule has 0 heterocycles. The number of hydrogen-bond acceptors (Lipinski definition) is 1. The van der Waals surface area contributed by atoms with Crippen molar-refractivity contribution in [2.75, 3.05) is 4.90 Å². The summed E-state index contributed by atoms with van der Waals surface area (Å²) in [5.74, 6) is 0. The van der Waals surface area contributed by atoms with E-state index in [1.165, 1.54) is 66.4 Å². The number of fused-ring (bicyclic) bond motifs is 1. The zero-order valence-corrected chi connectivity index (χ0v) is 29.3. The van der Waals surface area contributed by atoms with Gasteiger partial charge in [-0.2, -0.15) is 0 Å². The fourth-order valence-corrected chi connectivity index (χ4v) is 7.34. The lowest BCUT2D eigenvalue weighted by Crippen LogP contribution is -2.09. The molecule has 9 rings (SSSR count). The Labute approximate surface area is 311 Å². The van der Waals surface area contributed by atoms with Crippen molar-refractivity contribution in [3.05, 3.63) is 224 Å². The van der Waals surface area contributed by atoms with E-state index in [1.807, 2.05) is 0 Å². The molecule has 1 nitrogen and oxygen atoms in total. The standard InChI is InChI=1S/C52H37N/c1-4-13-38(14-5-1)41-23-29-48(30-24-41)53(49-31-25-42(26-32-49)39-15-6-2-7-16-39)50-33-27-43(28-34-50)46-35-45(40-17-8-3-9-18-40)36-47(37-46)52-22-12-20-44-19-10-11-21-51(44)52/h1-37H. The molecule has 0 saturated heterocycles. The molecule has 0 atom stereocenters. The van der Waals surface area contributed by atoms with Crippen molar-refractivity contribution in [3.8, 4) is 55.6 Å². The second-order valence-corrected chi connectivity index (χ2v) is 13.4. The molecule has 0 fully saturated rings. The number of anilines is 3. The number of hydrogen-bond donors (Lipinski definition) is 0. The van der Waals surface area contributed by atoms with E-state index < -0.39 is 0 Å². The van der Waals surface area contributed by atoms with Gasteiger partial charge in [-0.15, -0.1) is 0 Å². The minimum absolute atomic E-state index is 1.10. The molecule has 0 N–H and O–H groups in total. The molecule has 0 aromatic heterocycles. The van der Waals surface area contributed by atoms with Gasteiger partial charge in [0.2, 0.25) is 0 Å².